The lowest BCUT2D eigenvalue weighted by Crippen LogP contribution is -2.50. The quantitative estimate of drug-likeness (QED) is 0.371. The summed E-state index contributed by atoms with van der Waals surface area (Å²) in [4.78, 5) is 16.8. The van der Waals surface area contributed by atoms with E-state index in [-0.39, 0.29) is 5.56 Å². The molecule has 2 heterocycles. The van der Waals surface area contributed by atoms with E-state index in [1.807, 2.05) is 0 Å². The van der Waals surface area contributed by atoms with Gasteiger partial charge in [0.1, 0.15) is 0 Å². The summed E-state index contributed by atoms with van der Waals surface area (Å²) < 4.78 is 64.9. The maximum Gasteiger partial charge on any atom is 0.416 e. The molecule has 0 bridgehead atoms. The molecule has 2 aromatic rings. The van der Waals surface area contributed by atoms with Crippen LogP contribution >= 0.6 is 0 Å². The molecule has 1 N–H and O–H groups in total. The van der Waals surface area contributed by atoms with Crippen molar-refractivity contribution in [2.24, 2.45) is 5.92 Å². The maximum absolute atomic E-state index is 13.3. The Morgan fingerprint density at radius 1 is 1.10 bits per heavy atom. The van der Waals surface area contributed by atoms with Crippen molar-refractivity contribution < 1.29 is 31.9 Å². The van der Waals surface area contributed by atoms with Gasteiger partial charge in [-0.1, -0.05) is 24.3 Å². The highest BCUT2D eigenvalue weighted by molar-refractivity contribution is 5.48. The number of aryl methyl sites for hydroxylation is 1. The highest BCUT2D eigenvalue weighted by Crippen LogP contribution is 2.39. The fourth-order valence-electron chi connectivity index (χ4n) is 5.47. The SMILES string of the molecule is C[C@H](c1cc(C(C)(F)F)cc(C(F)(F)F)c1)N(C)C=O.Cc1ccccc1C1C2CC(CO)CN2CCN1C. The Hall–Kier alpha value is -2.56. The van der Waals surface area contributed by atoms with Crippen LogP contribution in [-0.4, -0.2) is 72.6 Å². The number of nitrogens with zero attached hydrogens (tertiary/aromatic N) is 3. The van der Waals surface area contributed by atoms with Gasteiger partial charge in [0.15, 0.2) is 0 Å². The predicted octanol–water partition coefficient (Wildman–Crippen LogP) is 5.63. The molecular weight excluding hydrogens is 517 g/mol. The number of piperazine rings is 1. The molecule has 0 spiro atoms. The smallest absolute Gasteiger partial charge is 0.396 e. The van der Waals surface area contributed by atoms with Crippen molar-refractivity contribution in [3.63, 3.8) is 0 Å². The third-order valence-electron chi connectivity index (χ3n) is 7.93. The summed E-state index contributed by atoms with van der Waals surface area (Å²) in [6.07, 6.45) is -3.18. The number of rotatable bonds is 6. The monoisotopic (exact) mass is 555 g/mol. The fraction of sp³-hybridized carbons (Fsp3) is 0.552. The lowest BCUT2D eigenvalue weighted by atomic mass is 9.90. The summed E-state index contributed by atoms with van der Waals surface area (Å²) in [5.74, 6) is -2.93. The number of hydrogen-bond donors (Lipinski definition) is 1. The van der Waals surface area contributed by atoms with Gasteiger partial charge in [0.05, 0.1) is 17.6 Å². The first-order chi connectivity index (χ1) is 18.2. The molecule has 0 aromatic heterocycles. The minimum absolute atomic E-state index is 0.00551. The van der Waals surface area contributed by atoms with Crippen LogP contribution in [0.3, 0.4) is 0 Å². The van der Waals surface area contributed by atoms with E-state index in [2.05, 4.69) is 48.0 Å². The number of carbonyl (C=O) groups excluding carboxylic acids is 1. The van der Waals surface area contributed by atoms with E-state index in [1.54, 1.807) is 0 Å². The van der Waals surface area contributed by atoms with Crippen molar-refractivity contribution in [3.05, 3.63) is 70.3 Å². The summed E-state index contributed by atoms with van der Waals surface area (Å²) >= 11 is 0. The van der Waals surface area contributed by atoms with E-state index >= 15 is 0 Å². The number of hydrogen-bond acceptors (Lipinski definition) is 4. The van der Waals surface area contributed by atoms with Gasteiger partial charge >= 0.3 is 6.18 Å². The van der Waals surface area contributed by atoms with Gasteiger partial charge in [0.2, 0.25) is 6.41 Å². The van der Waals surface area contributed by atoms with Crippen LogP contribution in [0.5, 0.6) is 0 Å². The largest absolute Gasteiger partial charge is 0.416 e. The molecule has 3 unspecified atom stereocenters. The Kier molecular flexibility index (Phi) is 9.78. The lowest BCUT2D eigenvalue weighted by molar-refractivity contribution is -0.137. The van der Waals surface area contributed by atoms with Crippen molar-refractivity contribution in [1.82, 2.24) is 14.7 Å². The molecule has 0 saturated carbocycles. The average molecular weight is 556 g/mol. The molecule has 0 aliphatic carbocycles. The van der Waals surface area contributed by atoms with Crippen LogP contribution in [-0.2, 0) is 16.9 Å². The minimum atomic E-state index is -4.73. The molecule has 216 valence electrons. The van der Waals surface area contributed by atoms with Crippen molar-refractivity contribution >= 4 is 6.41 Å². The highest BCUT2D eigenvalue weighted by Gasteiger charge is 2.42. The first kappa shape index (κ1) is 31.0. The fourth-order valence-corrected chi connectivity index (χ4v) is 5.47. The molecule has 39 heavy (non-hydrogen) atoms. The van der Waals surface area contributed by atoms with Crippen LogP contribution in [0, 0.1) is 12.8 Å². The van der Waals surface area contributed by atoms with Crippen LogP contribution in [0.25, 0.3) is 0 Å². The maximum atomic E-state index is 13.3. The Morgan fingerprint density at radius 2 is 1.74 bits per heavy atom. The predicted molar refractivity (Wildman–Crippen MR) is 140 cm³/mol. The molecule has 5 nitrogen and oxygen atoms in total. The third-order valence-corrected chi connectivity index (χ3v) is 7.93. The number of aliphatic hydroxyl groups excluding tert-OH is 1. The number of fused-ring (bicyclic) bond motifs is 1. The van der Waals surface area contributed by atoms with E-state index in [1.165, 1.54) is 25.1 Å². The molecule has 2 aliphatic heterocycles. The second-order valence-corrected chi connectivity index (χ2v) is 10.8. The first-order valence-electron chi connectivity index (χ1n) is 13.1. The first-order valence-corrected chi connectivity index (χ1v) is 13.1. The summed E-state index contributed by atoms with van der Waals surface area (Å²) in [6, 6.07) is 11.2. The third kappa shape index (κ3) is 7.35. The second-order valence-electron chi connectivity index (χ2n) is 10.8. The van der Waals surface area contributed by atoms with Gasteiger partial charge < -0.3 is 10.0 Å². The summed E-state index contributed by atoms with van der Waals surface area (Å²) in [5, 5.41) is 9.45. The Bertz CT molecular complexity index is 1090. The molecule has 2 aromatic carbocycles. The number of halogens is 5. The van der Waals surface area contributed by atoms with Gasteiger partial charge in [0, 0.05) is 51.8 Å². The molecule has 4 rings (SSSR count). The van der Waals surface area contributed by atoms with Crippen LogP contribution in [0.15, 0.2) is 42.5 Å². The second kappa shape index (κ2) is 12.3. The number of likely N-dealkylation sites (N-methyl/N-ethyl adjacent to an activating group) is 1. The van der Waals surface area contributed by atoms with E-state index < -0.39 is 29.3 Å². The van der Waals surface area contributed by atoms with Crippen molar-refractivity contribution in [3.8, 4) is 0 Å². The molecule has 4 atom stereocenters. The van der Waals surface area contributed by atoms with Gasteiger partial charge in [0.25, 0.3) is 5.92 Å². The van der Waals surface area contributed by atoms with E-state index in [9.17, 15) is 31.9 Å². The normalized spacial score (nSPS) is 23.0. The van der Waals surface area contributed by atoms with Crippen molar-refractivity contribution in [1.29, 1.82) is 0 Å². The number of carbonyl (C=O) groups is 1. The number of amides is 1. The standard InChI is InChI=1S/C16H24N2O.C13H14F5NO/c1-12-5-3-4-6-14(12)16-15-9-13(11-19)10-18(15)8-7-17(16)2;1-8(19(3)7-20)9-4-10(12(2,14)15)6-11(5-9)13(16,17)18/h3-6,13,15-16,19H,7-11H2,1-2H3;4-8H,1-3H3/t;8-/m.1/s1. The Balaban J connectivity index is 0.000000216. The zero-order valence-corrected chi connectivity index (χ0v) is 23.1. The van der Waals surface area contributed by atoms with Gasteiger partial charge in [-0.3, -0.25) is 14.6 Å². The number of aliphatic hydroxyl groups is 1. The van der Waals surface area contributed by atoms with Crippen molar-refractivity contribution in [2.45, 2.75) is 57.4 Å². The van der Waals surface area contributed by atoms with Crippen LogP contribution < -0.4 is 0 Å². The Morgan fingerprint density at radius 3 is 2.31 bits per heavy atom. The number of benzene rings is 2. The van der Waals surface area contributed by atoms with Crippen LogP contribution in [0.2, 0.25) is 0 Å². The number of alkyl halides is 5. The average Bonchev–Trinajstić information content (AvgIpc) is 3.31. The molecule has 2 fully saturated rings. The molecular formula is C29H38F5N3O2. The van der Waals surface area contributed by atoms with Crippen molar-refractivity contribution in [2.75, 3.05) is 40.3 Å². The molecule has 10 heteroatoms. The molecule has 2 saturated heterocycles. The van der Waals surface area contributed by atoms with E-state index in [0.29, 0.717) is 44.0 Å². The molecule has 2 aliphatic rings. The summed E-state index contributed by atoms with van der Waals surface area (Å²) in [5.41, 5.74) is 0.962. The van der Waals surface area contributed by atoms with Crippen LogP contribution in [0.1, 0.15) is 60.2 Å². The summed E-state index contributed by atoms with van der Waals surface area (Å²) in [7, 11) is 3.60. The highest BCUT2D eigenvalue weighted by atomic mass is 19.4. The topological polar surface area (TPSA) is 47.0 Å². The van der Waals surface area contributed by atoms with E-state index in [0.717, 1.165) is 43.1 Å². The minimum Gasteiger partial charge on any atom is -0.396 e. The van der Waals surface area contributed by atoms with Gasteiger partial charge in [-0.15, -0.1) is 0 Å². The summed E-state index contributed by atoms with van der Waals surface area (Å²) in [6.45, 7) is 7.85. The van der Waals surface area contributed by atoms with Gasteiger partial charge in [-0.05, 0) is 68.1 Å². The zero-order valence-electron chi connectivity index (χ0n) is 23.1. The zero-order chi connectivity index (χ0) is 29.1. The van der Waals surface area contributed by atoms with Gasteiger partial charge in [-0.2, -0.15) is 13.2 Å². The van der Waals surface area contributed by atoms with E-state index in [4.69, 9.17) is 0 Å². The molecule has 1 amide bonds. The lowest BCUT2D eigenvalue weighted by Gasteiger charge is -2.43. The Labute approximate surface area is 227 Å². The van der Waals surface area contributed by atoms with Crippen LogP contribution in [0.4, 0.5) is 22.0 Å². The molecule has 0 radical (unpaired) electrons. The van der Waals surface area contributed by atoms with Gasteiger partial charge in [-0.25, -0.2) is 8.78 Å².